The van der Waals surface area contributed by atoms with Gasteiger partial charge in [0.1, 0.15) is 0 Å². The Morgan fingerprint density at radius 3 is 2.29 bits per heavy atom. The molecule has 1 aromatic rings. The van der Waals surface area contributed by atoms with Gasteiger partial charge < -0.3 is 5.11 Å². The molecule has 0 unspecified atom stereocenters. The van der Waals surface area contributed by atoms with E-state index in [0.29, 0.717) is 6.42 Å². The van der Waals surface area contributed by atoms with E-state index >= 15 is 0 Å². The van der Waals surface area contributed by atoms with E-state index in [1.54, 1.807) is 0 Å². The highest BCUT2D eigenvalue weighted by atomic mass is 16.4. The lowest BCUT2D eigenvalue weighted by Crippen LogP contribution is -2.04. The highest BCUT2D eigenvalue weighted by Gasteiger charge is 2.08. The van der Waals surface area contributed by atoms with Gasteiger partial charge in [-0.15, -0.1) is 0 Å². The van der Waals surface area contributed by atoms with E-state index in [2.05, 4.69) is 6.58 Å². The normalized spacial score (nSPS) is 9.86. The summed E-state index contributed by atoms with van der Waals surface area (Å²) in [6.45, 7) is 7.50. The number of aliphatic carboxylic acids is 1. The second-order valence-corrected chi connectivity index (χ2v) is 3.46. The maximum Gasteiger partial charge on any atom is 0.331 e. The third kappa shape index (κ3) is 2.22. The van der Waals surface area contributed by atoms with Gasteiger partial charge in [0.05, 0.1) is 0 Å². The van der Waals surface area contributed by atoms with E-state index in [1.807, 2.05) is 32.0 Å². The number of aryl methyl sites for hydroxylation is 2. The number of carboxylic acid groups (broad SMARTS) is 1. The van der Waals surface area contributed by atoms with E-state index < -0.39 is 5.97 Å². The van der Waals surface area contributed by atoms with Crippen LogP contribution in [0.2, 0.25) is 0 Å². The Labute approximate surface area is 83.9 Å². The van der Waals surface area contributed by atoms with Crippen molar-refractivity contribution >= 4 is 5.97 Å². The minimum Gasteiger partial charge on any atom is -0.478 e. The fourth-order valence-electron chi connectivity index (χ4n) is 1.42. The molecule has 0 saturated heterocycles. The lowest BCUT2D eigenvalue weighted by atomic mass is 9.97. The van der Waals surface area contributed by atoms with Crippen molar-refractivity contribution in [2.75, 3.05) is 0 Å². The number of hydrogen-bond acceptors (Lipinski definition) is 1. The number of carboxylic acids is 1. The zero-order chi connectivity index (χ0) is 10.7. The molecule has 14 heavy (non-hydrogen) atoms. The summed E-state index contributed by atoms with van der Waals surface area (Å²) in [7, 11) is 0. The molecule has 0 atom stereocenters. The largest absolute Gasteiger partial charge is 0.478 e. The Kier molecular flexibility index (Phi) is 3.07. The fraction of sp³-hybridized carbons (Fsp3) is 0.250. The average molecular weight is 190 g/mol. The van der Waals surface area contributed by atoms with E-state index in [1.165, 1.54) is 0 Å². The van der Waals surface area contributed by atoms with E-state index in [0.717, 1.165) is 16.7 Å². The molecular formula is C12H14O2. The van der Waals surface area contributed by atoms with Crippen molar-refractivity contribution in [2.45, 2.75) is 20.3 Å². The molecule has 0 aromatic heterocycles. The average Bonchev–Trinajstić information content (AvgIpc) is 2.11. The van der Waals surface area contributed by atoms with E-state index in [9.17, 15) is 4.79 Å². The molecule has 0 heterocycles. The second-order valence-electron chi connectivity index (χ2n) is 3.46. The lowest BCUT2D eigenvalue weighted by molar-refractivity contribution is -0.132. The molecule has 0 radical (unpaired) electrons. The smallest absolute Gasteiger partial charge is 0.331 e. The quantitative estimate of drug-likeness (QED) is 0.743. The van der Waals surface area contributed by atoms with Gasteiger partial charge in [-0.2, -0.15) is 0 Å². The Morgan fingerprint density at radius 1 is 1.36 bits per heavy atom. The Morgan fingerprint density at radius 2 is 1.86 bits per heavy atom. The van der Waals surface area contributed by atoms with Crippen molar-refractivity contribution in [2.24, 2.45) is 0 Å². The molecule has 0 amide bonds. The van der Waals surface area contributed by atoms with Crippen LogP contribution in [0, 0.1) is 13.8 Å². The van der Waals surface area contributed by atoms with Crippen molar-refractivity contribution in [1.82, 2.24) is 0 Å². The molecule has 0 fully saturated rings. The minimum absolute atomic E-state index is 0.238. The number of rotatable bonds is 3. The van der Waals surface area contributed by atoms with Gasteiger partial charge in [0.15, 0.2) is 0 Å². The van der Waals surface area contributed by atoms with Gasteiger partial charge in [-0.25, -0.2) is 4.79 Å². The first-order valence-electron chi connectivity index (χ1n) is 4.48. The van der Waals surface area contributed by atoms with Gasteiger partial charge in [-0.1, -0.05) is 24.8 Å². The van der Waals surface area contributed by atoms with Gasteiger partial charge in [-0.3, -0.25) is 0 Å². The summed E-state index contributed by atoms with van der Waals surface area (Å²) in [4.78, 5) is 10.6. The van der Waals surface area contributed by atoms with Crippen LogP contribution >= 0.6 is 0 Å². The van der Waals surface area contributed by atoms with Gasteiger partial charge in [0, 0.05) is 12.0 Å². The predicted octanol–water partition coefficient (Wildman–Crippen LogP) is 2.49. The second kappa shape index (κ2) is 4.09. The summed E-state index contributed by atoms with van der Waals surface area (Å²) < 4.78 is 0. The maximum atomic E-state index is 10.6. The molecule has 0 aliphatic carbocycles. The summed E-state index contributed by atoms with van der Waals surface area (Å²) in [6.07, 6.45) is 0.424. The van der Waals surface area contributed by atoms with Crippen molar-refractivity contribution in [1.29, 1.82) is 0 Å². The molecule has 0 aliphatic rings. The first-order chi connectivity index (χ1) is 6.52. The Bertz CT molecular complexity index is 358. The fourth-order valence-corrected chi connectivity index (χ4v) is 1.42. The standard InChI is InChI=1S/C12H14O2/c1-8-5-4-6-9(2)11(8)7-10(3)12(13)14/h4-6H,3,7H2,1-2H3,(H,13,14). The maximum absolute atomic E-state index is 10.6. The summed E-state index contributed by atoms with van der Waals surface area (Å²) in [5.41, 5.74) is 3.54. The van der Waals surface area contributed by atoms with Crippen LogP contribution in [0.25, 0.3) is 0 Å². The summed E-state index contributed by atoms with van der Waals surface area (Å²) in [5.74, 6) is -0.923. The van der Waals surface area contributed by atoms with Gasteiger partial charge in [-0.05, 0) is 30.5 Å². The van der Waals surface area contributed by atoms with Crippen LogP contribution in [0.3, 0.4) is 0 Å². The summed E-state index contributed by atoms with van der Waals surface area (Å²) in [6, 6.07) is 5.94. The van der Waals surface area contributed by atoms with Crippen LogP contribution < -0.4 is 0 Å². The van der Waals surface area contributed by atoms with Gasteiger partial charge >= 0.3 is 5.97 Å². The van der Waals surface area contributed by atoms with Crippen LogP contribution in [0.5, 0.6) is 0 Å². The molecular weight excluding hydrogens is 176 g/mol. The minimum atomic E-state index is -0.923. The zero-order valence-corrected chi connectivity index (χ0v) is 8.50. The van der Waals surface area contributed by atoms with E-state index in [-0.39, 0.29) is 5.57 Å². The lowest BCUT2D eigenvalue weighted by Gasteiger charge is -2.08. The highest BCUT2D eigenvalue weighted by molar-refractivity contribution is 5.86. The molecule has 0 saturated carbocycles. The summed E-state index contributed by atoms with van der Waals surface area (Å²) >= 11 is 0. The van der Waals surface area contributed by atoms with Crippen molar-refractivity contribution in [3.8, 4) is 0 Å². The first-order valence-corrected chi connectivity index (χ1v) is 4.48. The molecule has 0 bridgehead atoms. The molecule has 2 heteroatoms. The van der Waals surface area contributed by atoms with Gasteiger partial charge in [0.25, 0.3) is 0 Å². The highest BCUT2D eigenvalue weighted by Crippen LogP contribution is 2.16. The Balaban J connectivity index is 2.97. The van der Waals surface area contributed by atoms with Crippen LogP contribution in [0.1, 0.15) is 16.7 Å². The topological polar surface area (TPSA) is 37.3 Å². The molecule has 0 spiro atoms. The summed E-state index contributed by atoms with van der Waals surface area (Å²) in [5, 5.41) is 8.73. The number of benzene rings is 1. The van der Waals surface area contributed by atoms with Crippen molar-refractivity contribution in [3.63, 3.8) is 0 Å². The van der Waals surface area contributed by atoms with Crippen LogP contribution in [-0.4, -0.2) is 11.1 Å². The third-order valence-corrected chi connectivity index (χ3v) is 2.34. The molecule has 1 rings (SSSR count). The first kappa shape index (κ1) is 10.5. The molecule has 1 N–H and O–H groups in total. The zero-order valence-electron chi connectivity index (χ0n) is 8.50. The Hall–Kier alpha value is -1.57. The number of carbonyl (C=O) groups is 1. The van der Waals surface area contributed by atoms with Gasteiger partial charge in [0.2, 0.25) is 0 Å². The molecule has 74 valence electrons. The third-order valence-electron chi connectivity index (χ3n) is 2.34. The van der Waals surface area contributed by atoms with Crippen molar-refractivity contribution < 1.29 is 9.90 Å². The molecule has 0 aliphatic heterocycles. The van der Waals surface area contributed by atoms with Crippen LogP contribution in [0.15, 0.2) is 30.4 Å². The monoisotopic (exact) mass is 190 g/mol. The van der Waals surface area contributed by atoms with Crippen LogP contribution in [-0.2, 0) is 11.2 Å². The molecule has 1 aromatic carbocycles. The SMILES string of the molecule is C=C(Cc1c(C)cccc1C)C(=O)O. The van der Waals surface area contributed by atoms with Crippen LogP contribution in [0.4, 0.5) is 0 Å². The number of hydrogen-bond donors (Lipinski definition) is 1. The van der Waals surface area contributed by atoms with Crippen molar-refractivity contribution in [3.05, 3.63) is 47.0 Å². The predicted molar refractivity (Wildman–Crippen MR) is 56.4 cm³/mol. The molecule has 2 nitrogen and oxygen atoms in total. The van der Waals surface area contributed by atoms with E-state index in [4.69, 9.17) is 5.11 Å².